The smallest absolute Gasteiger partial charge is 0.141 e. The van der Waals surface area contributed by atoms with Crippen LogP contribution in [0.25, 0.3) is 0 Å². The molecular weight excluding hydrogens is 366 g/mol. The highest BCUT2D eigenvalue weighted by Gasteiger charge is 2.59. The Hall–Kier alpha value is -2.47. The fourth-order valence-corrected chi connectivity index (χ4v) is 3.93. The Labute approximate surface area is 172 Å². The summed E-state index contributed by atoms with van der Waals surface area (Å²) in [5.41, 5.74) is 0.469. The Morgan fingerprint density at radius 3 is 2.34 bits per heavy atom. The number of carbonyl (C=O) groups is 1. The number of aldehydes is 1. The van der Waals surface area contributed by atoms with E-state index in [2.05, 4.69) is 6.58 Å². The second-order valence-corrected chi connectivity index (χ2v) is 7.91. The molecular formula is C24H29NO4. The predicted octanol–water partition coefficient (Wildman–Crippen LogP) is 3.36. The summed E-state index contributed by atoms with van der Waals surface area (Å²) in [6.07, 6.45) is 0.850. The number of rotatable bonds is 8. The van der Waals surface area contributed by atoms with Crippen molar-refractivity contribution in [3.05, 3.63) is 77.9 Å². The number of carbonyl (C=O) groups excluding carboxylic acids is 1. The molecule has 29 heavy (non-hydrogen) atoms. The van der Waals surface area contributed by atoms with E-state index in [0.717, 1.165) is 23.2 Å². The van der Waals surface area contributed by atoms with Gasteiger partial charge in [-0.1, -0.05) is 49.0 Å². The molecule has 0 spiro atoms. The number of ether oxygens (including phenoxy) is 2. The quantitative estimate of drug-likeness (QED) is 0.549. The number of nitrogens with zero attached hydrogens (tertiary/aromatic N) is 1. The lowest BCUT2D eigenvalue weighted by atomic mass is 9.81. The lowest BCUT2D eigenvalue weighted by Gasteiger charge is -2.42. The molecule has 5 heteroatoms. The average molecular weight is 395 g/mol. The Morgan fingerprint density at radius 1 is 1.10 bits per heavy atom. The van der Waals surface area contributed by atoms with Gasteiger partial charge in [0.2, 0.25) is 0 Å². The predicted molar refractivity (Wildman–Crippen MR) is 113 cm³/mol. The van der Waals surface area contributed by atoms with Crippen LogP contribution in [-0.2, 0) is 22.7 Å². The summed E-state index contributed by atoms with van der Waals surface area (Å²) in [7, 11) is 1.63. The number of benzene rings is 2. The van der Waals surface area contributed by atoms with Crippen LogP contribution in [0.5, 0.6) is 5.75 Å². The summed E-state index contributed by atoms with van der Waals surface area (Å²) in [6.45, 7) is 8.85. The molecule has 0 bridgehead atoms. The van der Waals surface area contributed by atoms with E-state index < -0.39 is 17.2 Å². The van der Waals surface area contributed by atoms with Crippen molar-refractivity contribution in [3.63, 3.8) is 0 Å². The molecule has 0 aliphatic carbocycles. The maximum absolute atomic E-state index is 11.9. The third kappa shape index (κ3) is 3.99. The highest BCUT2D eigenvalue weighted by atomic mass is 16.5. The fraction of sp³-hybridized carbons (Fsp3) is 0.375. The van der Waals surface area contributed by atoms with Crippen molar-refractivity contribution in [2.75, 3.05) is 13.7 Å². The van der Waals surface area contributed by atoms with Crippen LogP contribution in [0, 0.1) is 0 Å². The number of methoxy groups -OCH3 is 1. The van der Waals surface area contributed by atoms with Gasteiger partial charge < -0.3 is 19.4 Å². The molecule has 3 unspecified atom stereocenters. The van der Waals surface area contributed by atoms with Gasteiger partial charge in [-0.3, -0.25) is 4.90 Å². The minimum atomic E-state index is -1.28. The zero-order chi connectivity index (χ0) is 21.1. The van der Waals surface area contributed by atoms with Gasteiger partial charge in [0.25, 0.3) is 0 Å². The van der Waals surface area contributed by atoms with E-state index in [9.17, 15) is 9.90 Å². The molecule has 1 aliphatic rings. The lowest BCUT2D eigenvalue weighted by Crippen LogP contribution is -2.58. The molecule has 3 rings (SSSR count). The Kier molecular flexibility index (Phi) is 6.22. The molecule has 2 aromatic rings. The average Bonchev–Trinajstić information content (AvgIpc) is 2.87. The number of likely N-dealkylation sites (tertiary alicyclic amines) is 1. The zero-order valence-electron chi connectivity index (χ0n) is 17.3. The van der Waals surface area contributed by atoms with Gasteiger partial charge in [-0.15, -0.1) is 0 Å². The van der Waals surface area contributed by atoms with E-state index in [4.69, 9.17) is 9.47 Å². The highest BCUT2D eigenvalue weighted by Crippen LogP contribution is 2.45. The zero-order valence-corrected chi connectivity index (χ0v) is 17.3. The Bertz CT molecular complexity index is 847. The molecule has 0 aromatic heterocycles. The third-order valence-corrected chi connectivity index (χ3v) is 6.14. The van der Waals surface area contributed by atoms with Crippen molar-refractivity contribution in [1.29, 1.82) is 0 Å². The topological polar surface area (TPSA) is 59.0 Å². The summed E-state index contributed by atoms with van der Waals surface area (Å²) in [5, 5.41) is 11.3. The van der Waals surface area contributed by atoms with Crippen LogP contribution < -0.4 is 4.74 Å². The first kappa shape index (κ1) is 21.2. The van der Waals surface area contributed by atoms with E-state index in [1.54, 1.807) is 14.0 Å². The van der Waals surface area contributed by atoms with Crippen molar-refractivity contribution in [2.24, 2.45) is 0 Å². The molecule has 0 amide bonds. The van der Waals surface area contributed by atoms with E-state index in [-0.39, 0.29) is 6.61 Å². The summed E-state index contributed by atoms with van der Waals surface area (Å²) >= 11 is 0. The van der Waals surface area contributed by atoms with E-state index in [0.29, 0.717) is 18.7 Å². The second-order valence-electron chi connectivity index (χ2n) is 7.91. The summed E-state index contributed by atoms with van der Waals surface area (Å²) in [4.78, 5) is 13.9. The first-order chi connectivity index (χ1) is 13.8. The SMILES string of the molecule is C=C1C(C=O)N(Cc2ccc(OC)cc2)C(C)(COCc2ccccc2)C1(C)O. The monoisotopic (exact) mass is 395 g/mol. The second kappa shape index (κ2) is 8.49. The van der Waals surface area contributed by atoms with Crippen LogP contribution in [0.15, 0.2) is 66.7 Å². The van der Waals surface area contributed by atoms with Crippen molar-refractivity contribution >= 4 is 6.29 Å². The van der Waals surface area contributed by atoms with Crippen LogP contribution in [0.4, 0.5) is 0 Å². The standard InChI is InChI=1S/C24H29NO4/c1-18-22(15-26)25(14-19-10-12-21(28-4)13-11-19)23(2,24(18,3)27)17-29-16-20-8-6-5-7-9-20/h5-13,15,22,27H,1,14,16-17H2,2-4H3. The first-order valence-electron chi connectivity index (χ1n) is 9.72. The van der Waals surface area contributed by atoms with Crippen molar-refractivity contribution in [1.82, 2.24) is 4.90 Å². The van der Waals surface area contributed by atoms with Gasteiger partial charge in [0, 0.05) is 6.54 Å². The molecule has 5 nitrogen and oxygen atoms in total. The van der Waals surface area contributed by atoms with E-state index in [1.165, 1.54) is 0 Å². The lowest BCUT2D eigenvalue weighted by molar-refractivity contribution is -0.116. The van der Waals surface area contributed by atoms with E-state index >= 15 is 0 Å². The summed E-state index contributed by atoms with van der Waals surface area (Å²) < 4.78 is 11.2. The highest BCUT2D eigenvalue weighted by molar-refractivity contribution is 5.67. The molecule has 0 radical (unpaired) electrons. The van der Waals surface area contributed by atoms with Gasteiger partial charge in [-0.05, 0) is 42.7 Å². The van der Waals surface area contributed by atoms with Gasteiger partial charge in [0.1, 0.15) is 17.6 Å². The minimum Gasteiger partial charge on any atom is -0.497 e. The van der Waals surface area contributed by atoms with Gasteiger partial charge >= 0.3 is 0 Å². The first-order valence-corrected chi connectivity index (χ1v) is 9.72. The van der Waals surface area contributed by atoms with Gasteiger partial charge in [-0.25, -0.2) is 0 Å². The van der Waals surface area contributed by atoms with Crippen LogP contribution in [0.2, 0.25) is 0 Å². The Balaban J connectivity index is 1.84. The maximum Gasteiger partial charge on any atom is 0.141 e. The molecule has 3 atom stereocenters. The third-order valence-electron chi connectivity index (χ3n) is 6.14. The molecule has 1 aliphatic heterocycles. The minimum absolute atomic E-state index is 0.258. The number of hydrogen-bond donors (Lipinski definition) is 1. The van der Waals surface area contributed by atoms with Crippen LogP contribution >= 0.6 is 0 Å². The van der Waals surface area contributed by atoms with Crippen LogP contribution in [0.3, 0.4) is 0 Å². The molecule has 1 N–H and O–H groups in total. The maximum atomic E-state index is 11.9. The molecule has 1 fully saturated rings. The molecule has 2 aromatic carbocycles. The molecule has 154 valence electrons. The molecule has 1 heterocycles. The number of hydrogen-bond acceptors (Lipinski definition) is 5. The molecule has 1 saturated heterocycles. The summed E-state index contributed by atoms with van der Waals surface area (Å²) in [6, 6.07) is 17.0. The van der Waals surface area contributed by atoms with Gasteiger partial charge in [0.15, 0.2) is 0 Å². The van der Waals surface area contributed by atoms with Gasteiger partial charge in [-0.2, -0.15) is 0 Å². The normalized spacial score (nSPS) is 27.2. The van der Waals surface area contributed by atoms with Gasteiger partial charge in [0.05, 0.1) is 31.9 Å². The molecule has 0 saturated carbocycles. The Morgan fingerprint density at radius 2 is 1.76 bits per heavy atom. The van der Waals surface area contributed by atoms with Crippen molar-refractivity contribution in [2.45, 2.75) is 44.2 Å². The van der Waals surface area contributed by atoms with Crippen LogP contribution in [0.1, 0.15) is 25.0 Å². The van der Waals surface area contributed by atoms with Crippen molar-refractivity contribution in [3.8, 4) is 5.75 Å². The summed E-state index contributed by atoms with van der Waals surface area (Å²) in [5.74, 6) is 0.771. The van der Waals surface area contributed by atoms with Crippen molar-refractivity contribution < 1.29 is 19.4 Å². The van der Waals surface area contributed by atoms with Crippen LogP contribution in [-0.4, -0.2) is 47.2 Å². The van der Waals surface area contributed by atoms with E-state index in [1.807, 2.05) is 66.4 Å². The fourth-order valence-electron chi connectivity index (χ4n) is 3.93. The largest absolute Gasteiger partial charge is 0.497 e. The number of aliphatic hydroxyl groups is 1.